The van der Waals surface area contributed by atoms with Crippen LogP contribution in [0.1, 0.15) is 24.1 Å². The number of alkyl halides is 2. The molecule has 2 heterocycles. The SMILES string of the molecule is C=c1cc(C(F)F)n2ncc(=C(O)CCc3ccccc3)c2n1. The molecular formula is C17H15F2N3O. The van der Waals surface area contributed by atoms with Gasteiger partial charge in [0.15, 0.2) is 5.65 Å². The Morgan fingerprint density at radius 2 is 2.00 bits per heavy atom. The van der Waals surface area contributed by atoms with Gasteiger partial charge in [0.1, 0.15) is 11.5 Å². The Kier molecular flexibility index (Phi) is 4.06. The van der Waals surface area contributed by atoms with Crippen LogP contribution in [0, 0.1) is 0 Å². The summed E-state index contributed by atoms with van der Waals surface area (Å²) < 4.78 is 27.2. The molecule has 0 aliphatic heterocycles. The van der Waals surface area contributed by atoms with Crippen LogP contribution in [0.3, 0.4) is 0 Å². The average molecular weight is 315 g/mol. The van der Waals surface area contributed by atoms with E-state index < -0.39 is 6.43 Å². The van der Waals surface area contributed by atoms with Gasteiger partial charge in [0.05, 0.1) is 16.8 Å². The maximum Gasteiger partial charge on any atom is 0.280 e. The number of aryl methyl sites for hydroxylation is 1. The van der Waals surface area contributed by atoms with Crippen LogP contribution >= 0.6 is 0 Å². The summed E-state index contributed by atoms with van der Waals surface area (Å²) in [4.78, 5) is 4.13. The number of rotatable bonds is 4. The molecule has 1 N–H and O–H groups in total. The van der Waals surface area contributed by atoms with Crippen LogP contribution in [0.25, 0.3) is 18.0 Å². The molecule has 0 unspecified atom stereocenters. The minimum Gasteiger partial charge on any atom is -0.511 e. The lowest BCUT2D eigenvalue weighted by atomic mass is 10.1. The number of fused-ring (bicyclic) bond motifs is 1. The number of aliphatic hydroxyl groups is 1. The predicted octanol–water partition coefficient (Wildman–Crippen LogP) is 2.38. The van der Waals surface area contributed by atoms with Crippen molar-refractivity contribution in [3.8, 4) is 0 Å². The highest BCUT2D eigenvalue weighted by Gasteiger charge is 2.15. The Morgan fingerprint density at radius 1 is 1.26 bits per heavy atom. The number of aliphatic hydroxyl groups excluding tert-OH is 1. The first-order valence-electron chi connectivity index (χ1n) is 7.14. The van der Waals surface area contributed by atoms with Gasteiger partial charge in [0, 0.05) is 6.42 Å². The van der Waals surface area contributed by atoms with E-state index in [9.17, 15) is 13.9 Å². The predicted molar refractivity (Wildman–Crippen MR) is 83.5 cm³/mol. The van der Waals surface area contributed by atoms with Crippen LogP contribution in [0.4, 0.5) is 8.78 Å². The summed E-state index contributed by atoms with van der Waals surface area (Å²) in [5.74, 6) is 0.0715. The summed E-state index contributed by atoms with van der Waals surface area (Å²) in [5, 5.41) is 14.8. The maximum absolute atomic E-state index is 13.1. The van der Waals surface area contributed by atoms with Crippen LogP contribution in [0.2, 0.25) is 0 Å². The molecular weight excluding hydrogens is 300 g/mol. The molecule has 2 aromatic heterocycles. The van der Waals surface area contributed by atoms with Gasteiger partial charge in [-0.25, -0.2) is 18.3 Å². The molecule has 0 saturated carbocycles. The van der Waals surface area contributed by atoms with Gasteiger partial charge in [-0.1, -0.05) is 36.9 Å². The summed E-state index contributed by atoms with van der Waals surface area (Å²) in [7, 11) is 0. The fourth-order valence-electron chi connectivity index (χ4n) is 2.44. The molecule has 0 aliphatic rings. The second-order valence-corrected chi connectivity index (χ2v) is 5.20. The minimum absolute atomic E-state index is 0.0715. The van der Waals surface area contributed by atoms with Gasteiger partial charge >= 0.3 is 0 Å². The van der Waals surface area contributed by atoms with Crippen molar-refractivity contribution in [2.75, 3.05) is 0 Å². The Hall–Kier alpha value is -2.76. The van der Waals surface area contributed by atoms with E-state index in [4.69, 9.17) is 0 Å². The van der Waals surface area contributed by atoms with Crippen LogP contribution in [0.15, 0.2) is 42.6 Å². The summed E-state index contributed by atoms with van der Waals surface area (Å²) in [6, 6.07) is 10.9. The first-order chi connectivity index (χ1) is 11.1. The lowest BCUT2D eigenvalue weighted by Crippen LogP contribution is -2.16. The third-order valence-electron chi connectivity index (χ3n) is 3.58. The van der Waals surface area contributed by atoms with Crippen LogP contribution < -0.4 is 10.6 Å². The van der Waals surface area contributed by atoms with Gasteiger partial charge in [-0.15, -0.1) is 0 Å². The molecule has 3 aromatic rings. The molecule has 23 heavy (non-hydrogen) atoms. The van der Waals surface area contributed by atoms with Gasteiger partial charge in [-0.05, 0) is 18.1 Å². The van der Waals surface area contributed by atoms with Crippen LogP contribution in [-0.2, 0) is 6.42 Å². The fraction of sp³-hybridized carbons (Fsp3) is 0.176. The van der Waals surface area contributed by atoms with Crippen molar-refractivity contribution < 1.29 is 13.9 Å². The second-order valence-electron chi connectivity index (χ2n) is 5.20. The molecule has 1 aromatic carbocycles. The van der Waals surface area contributed by atoms with E-state index in [0.29, 0.717) is 18.1 Å². The molecule has 0 amide bonds. The van der Waals surface area contributed by atoms with Gasteiger partial charge in [0.25, 0.3) is 6.43 Å². The lowest BCUT2D eigenvalue weighted by molar-refractivity contribution is 0.143. The van der Waals surface area contributed by atoms with Crippen molar-refractivity contribution in [3.63, 3.8) is 0 Å². The molecule has 0 fully saturated rings. The number of halogens is 2. The molecule has 0 spiro atoms. The number of benzene rings is 1. The highest BCUT2D eigenvalue weighted by molar-refractivity contribution is 5.50. The van der Waals surface area contributed by atoms with Crippen molar-refractivity contribution in [3.05, 3.63) is 64.4 Å². The molecule has 0 saturated heterocycles. The monoisotopic (exact) mass is 315 g/mol. The van der Waals surface area contributed by atoms with Crippen molar-refractivity contribution >= 4 is 18.0 Å². The molecule has 0 radical (unpaired) electrons. The van der Waals surface area contributed by atoms with Crippen molar-refractivity contribution in [1.82, 2.24) is 14.6 Å². The first-order valence-corrected chi connectivity index (χ1v) is 7.14. The molecule has 6 heteroatoms. The Labute approximate surface area is 131 Å². The fourth-order valence-corrected chi connectivity index (χ4v) is 2.44. The minimum atomic E-state index is -2.69. The molecule has 4 nitrogen and oxygen atoms in total. The van der Waals surface area contributed by atoms with Crippen LogP contribution in [-0.4, -0.2) is 19.7 Å². The number of aromatic nitrogens is 3. The average Bonchev–Trinajstić information content (AvgIpc) is 2.96. The smallest absolute Gasteiger partial charge is 0.280 e. The highest BCUT2D eigenvalue weighted by Crippen LogP contribution is 2.16. The Bertz CT molecular complexity index is 936. The van der Waals surface area contributed by atoms with Gasteiger partial charge in [0.2, 0.25) is 0 Å². The van der Waals surface area contributed by atoms with E-state index in [-0.39, 0.29) is 22.4 Å². The summed E-state index contributed by atoms with van der Waals surface area (Å²) >= 11 is 0. The van der Waals surface area contributed by atoms with E-state index in [0.717, 1.165) is 10.1 Å². The number of hydrogen-bond donors (Lipinski definition) is 1. The van der Waals surface area contributed by atoms with Crippen LogP contribution in [0.5, 0.6) is 0 Å². The molecule has 0 bridgehead atoms. The second kappa shape index (κ2) is 6.16. The maximum atomic E-state index is 13.1. The topological polar surface area (TPSA) is 50.4 Å². The standard InChI is InChI=1S/C17H15F2N3O/c1-11-9-14(16(18)19)22-17(21-11)13(10-20-22)15(23)8-7-12-5-3-2-4-6-12/h2-6,9-10,16,23H,1,7-8H2. The van der Waals surface area contributed by atoms with Gasteiger partial charge in [-0.3, -0.25) is 0 Å². The van der Waals surface area contributed by atoms with Crippen molar-refractivity contribution in [2.24, 2.45) is 0 Å². The largest absolute Gasteiger partial charge is 0.511 e. The summed E-state index contributed by atoms with van der Waals surface area (Å²) in [6.07, 6.45) is -0.331. The summed E-state index contributed by atoms with van der Waals surface area (Å²) in [5.41, 5.74) is 0.982. The number of nitrogens with zero attached hydrogens (tertiary/aromatic N) is 3. The van der Waals surface area contributed by atoms with Gasteiger partial charge in [-0.2, -0.15) is 5.10 Å². The Morgan fingerprint density at radius 3 is 2.70 bits per heavy atom. The van der Waals surface area contributed by atoms with E-state index >= 15 is 0 Å². The molecule has 118 valence electrons. The molecule has 0 atom stereocenters. The van der Waals surface area contributed by atoms with Crippen molar-refractivity contribution in [1.29, 1.82) is 0 Å². The van der Waals surface area contributed by atoms with Gasteiger partial charge < -0.3 is 5.11 Å². The quantitative estimate of drug-likeness (QED) is 0.804. The van der Waals surface area contributed by atoms with Crippen molar-refractivity contribution in [2.45, 2.75) is 19.3 Å². The number of hydrogen-bond acceptors (Lipinski definition) is 3. The normalized spacial score (nSPS) is 12.8. The highest BCUT2D eigenvalue weighted by atomic mass is 19.3. The third kappa shape index (κ3) is 3.06. The Balaban J connectivity index is 2.03. The zero-order valence-electron chi connectivity index (χ0n) is 12.3. The molecule has 0 aliphatic carbocycles. The van der Waals surface area contributed by atoms with E-state index in [1.54, 1.807) is 0 Å². The third-order valence-corrected chi connectivity index (χ3v) is 3.58. The summed E-state index contributed by atoms with van der Waals surface area (Å²) in [6.45, 7) is 3.61. The zero-order valence-corrected chi connectivity index (χ0v) is 12.3. The van der Waals surface area contributed by atoms with E-state index in [1.165, 1.54) is 12.3 Å². The lowest BCUT2D eigenvalue weighted by Gasteiger charge is -2.03. The van der Waals surface area contributed by atoms with E-state index in [1.807, 2.05) is 30.3 Å². The molecule has 3 rings (SSSR count). The van der Waals surface area contributed by atoms with E-state index in [2.05, 4.69) is 16.7 Å². The zero-order chi connectivity index (χ0) is 16.4. The first kappa shape index (κ1) is 15.1.